The number of phenolic OH excluding ortho intramolecular Hbond substituents is 1. The molecule has 1 aromatic carbocycles. The molecule has 0 saturated carbocycles. The van der Waals surface area contributed by atoms with Gasteiger partial charge in [0.15, 0.2) is 0 Å². The van der Waals surface area contributed by atoms with Crippen molar-refractivity contribution in [2.45, 2.75) is 40.0 Å². The zero-order valence-corrected chi connectivity index (χ0v) is 11.7. The number of rotatable bonds is 2. The lowest BCUT2D eigenvalue weighted by Gasteiger charge is -2.26. The fourth-order valence-electron chi connectivity index (χ4n) is 2.44. The fraction of sp³-hybridized carbons (Fsp3) is 0.429. The van der Waals surface area contributed by atoms with E-state index in [4.69, 9.17) is 0 Å². The number of phenols is 1. The molecule has 1 N–H and O–H groups in total. The summed E-state index contributed by atoms with van der Waals surface area (Å²) in [4.78, 5) is 28.0. The van der Waals surface area contributed by atoms with Gasteiger partial charge in [-0.15, -0.1) is 0 Å². The minimum absolute atomic E-state index is 0.0404. The standard InChI is InChI=1S/C14H16N2O3/c1-8-10(14(3,4)5)9(2)13(19)12(16-7-18)11(8)15-6-17/h19H,1-5H3. The van der Waals surface area contributed by atoms with Crippen molar-refractivity contribution in [2.24, 2.45) is 9.98 Å². The van der Waals surface area contributed by atoms with Crippen LogP contribution in [0.3, 0.4) is 0 Å². The monoisotopic (exact) mass is 260 g/mol. The third-order valence-corrected chi connectivity index (χ3v) is 2.97. The molecule has 0 spiro atoms. The predicted octanol–water partition coefficient (Wildman–Crippen LogP) is 3.24. The maximum atomic E-state index is 10.5. The van der Waals surface area contributed by atoms with Crippen LogP contribution in [0.5, 0.6) is 5.75 Å². The van der Waals surface area contributed by atoms with Gasteiger partial charge in [0.25, 0.3) is 0 Å². The van der Waals surface area contributed by atoms with Gasteiger partial charge in [-0.05, 0) is 36.0 Å². The second-order valence-electron chi connectivity index (χ2n) is 5.33. The van der Waals surface area contributed by atoms with Crippen molar-refractivity contribution in [3.05, 3.63) is 16.7 Å². The maximum absolute atomic E-state index is 10.5. The Morgan fingerprint density at radius 3 is 1.84 bits per heavy atom. The van der Waals surface area contributed by atoms with Gasteiger partial charge < -0.3 is 5.11 Å². The number of aliphatic imine (C=N–C) groups is 2. The van der Waals surface area contributed by atoms with Gasteiger partial charge in [-0.3, -0.25) is 0 Å². The van der Waals surface area contributed by atoms with Crippen LogP contribution >= 0.6 is 0 Å². The molecule has 5 nitrogen and oxygen atoms in total. The number of carbonyl (C=O) groups excluding carboxylic acids is 2. The molecule has 0 fully saturated rings. The Balaban J connectivity index is 3.94. The smallest absolute Gasteiger partial charge is 0.240 e. The highest BCUT2D eigenvalue weighted by atomic mass is 16.3. The van der Waals surface area contributed by atoms with Gasteiger partial charge in [0, 0.05) is 0 Å². The van der Waals surface area contributed by atoms with E-state index >= 15 is 0 Å². The molecular weight excluding hydrogens is 244 g/mol. The molecule has 1 aromatic rings. The molecule has 19 heavy (non-hydrogen) atoms. The van der Waals surface area contributed by atoms with Crippen LogP contribution < -0.4 is 0 Å². The van der Waals surface area contributed by atoms with E-state index in [0.717, 1.165) is 5.56 Å². The molecule has 0 heterocycles. The Labute approximate surface area is 111 Å². The normalized spacial score (nSPS) is 10.6. The average molecular weight is 260 g/mol. The molecule has 1 rings (SSSR count). The number of hydrogen-bond donors (Lipinski definition) is 1. The molecule has 5 heteroatoms. The largest absolute Gasteiger partial charge is 0.505 e. The summed E-state index contributed by atoms with van der Waals surface area (Å²) < 4.78 is 0. The summed E-state index contributed by atoms with van der Waals surface area (Å²) in [6, 6.07) is 0. The van der Waals surface area contributed by atoms with E-state index < -0.39 is 0 Å². The van der Waals surface area contributed by atoms with Crippen LogP contribution in [-0.2, 0) is 15.0 Å². The first-order valence-electron chi connectivity index (χ1n) is 5.78. The third-order valence-electron chi connectivity index (χ3n) is 2.97. The Kier molecular flexibility index (Phi) is 4.05. The number of aromatic hydroxyl groups is 1. The number of benzene rings is 1. The van der Waals surface area contributed by atoms with Crippen LogP contribution in [0, 0.1) is 13.8 Å². The Hall–Kier alpha value is -2.22. The first kappa shape index (κ1) is 14.8. The van der Waals surface area contributed by atoms with E-state index in [1.165, 1.54) is 12.2 Å². The van der Waals surface area contributed by atoms with Crippen molar-refractivity contribution < 1.29 is 14.7 Å². The van der Waals surface area contributed by atoms with E-state index in [0.29, 0.717) is 11.1 Å². The molecular formula is C14H16N2O3. The molecule has 0 aliphatic carbocycles. The highest BCUT2D eigenvalue weighted by Gasteiger charge is 2.26. The second kappa shape index (κ2) is 5.19. The predicted molar refractivity (Wildman–Crippen MR) is 71.8 cm³/mol. The Morgan fingerprint density at radius 1 is 0.947 bits per heavy atom. The van der Waals surface area contributed by atoms with Crippen LogP contribution in [0.4, 0.5) is 11.4 Å². The van der Waals surface area contributed by atoms with Crippen molar-refractivity contribution in [2.75, 3.05) is 0 Å². The number of nitrogens with zero attached hydrogens (tertiary/aromatic N) is 2. The molecule has 0 unspecified atom stereocenters. The van der Waals surface area contributed by atoms with Crippen LogP contribution in [-0.4, -0.2) is 17.3 Å². The lowest BCUT2D eigenvalue weighted by atomic mass is 9.80. The lowest BCUT2D eigenvalue weighted by molar-refractivity contribution is 0.466. The first-order valence-corrected chi connectivity index (χ1v) is 5.78. The van der Waals surface area contributed by atoms with Crippen LogP contribution in [0.1, 0.15) is 37.5 Å². The molecule has 0 bridgehead atoms. The second-order valence-corrected chi connectivity index (χ2v) is 5.33. The summed E-state index contributed by atoms with van der Waals surface area (Å²) in [5.41, 5.74) is 2.04. The van der Waals surface area contributed by atoms with Gasteiger partial charge >= 0.3 is 0 Å². The highest BCUT2D eigenvalue weighted by molar-refractivity contribution is 5.80. The Morgan fingerprint density at radius 2 is 1.42 bits per heavy atom. The maximum Gasteiger partial charge on any atom is 0.240 e. The molecule has 0 aliphatic rings. The Bertz CT molecular complexity index is 615. The summed E-state index contributed by atoms with van der Waals surface area (Å²) >= 11 is 0. The van der Waals surface area contributed by atoms with Crippen molar-refractivity contribution in [1.82, 2.24) is 0 Å². The van der Waals surface area contributed by atoms with Gasteiger partial charge in [0.05, 0.1) is 0 Å². The molecule has 0 amide bonds. The number of hydrogen-bond acceptors (Lipinski definition) is 5. The van der Waals surface area contributed by atoms with E-state index in [1.807, 2.05) is 20.8 Å². The average Bonchev–Trinajstić information content (AvgIpc) is 2.29. The molecule has 0 aromatic heterocycles. The van der Waals surface area contributed by atoms with E-state index in [9.17, 15) is 14.7 Å². The molecule has 100 valence electrons. The van der Waals surface area contributed by atoms with Crippen LogP contribution in [0.2, 0.25) is 0 Å². The van der Waals surface area contributed by atoms with Crippen molar-refractivity contribution in [3.8, 4) is 5.75 Å². The van der Waals surface area contributed by atoms with Crippen molar-refractivity contribution in [3.63, 3.8) is 0 Å². The topological polar surface area (TPSA) is 79.1 Å². The lowest BCUT2D eigenvalue weighted by Crippen LogP contribution is -2.15. The van der Waals surface area contributed by atoms with Crippen molar-refractivity contribution in [1.29, 1.82) is 0 Å². The molecule has 0 saturated heterocycles. The summed E-state index contributed by atoms with van der Waals surface area (Å²) in [6.07, 6.45) is 2.78. The van der Waals surface area contributed by atoms with Crippen LogP contribution in [0.25, 0.3) is 0 Å². The van der Waals surface area contributed by atoms with Gasteiger partial charge in [0.1, 0.15) is 17.1 Å². The van der Waals surface area contributed by atoms with E-state index in [1.54, 1.807) is 13.8 Å². The number of isocyanates is 2. The molecule has 0 radical (unpaired) electrons. The third kappa shape index (κ3) is 2.63. The van der Waals surface area contributed by atoms with Gasteiger partial charge in [0.2, 0.25) is 12.2 Å². The fourth-order valence-corrected chi connectivity index (χ4v) is 2.44. The van der Waals surface area contributed by atoms with Crippen LogP contribution in [0.15, 0.2) is 9.98 Å². The first-order chi connectivity index (χ1) is 8.75. The minimum Gasteiger partial charge on any atom is -0.505 e. The zero-order chi connectivity index (χ0) is 14.8. The minimum atomic E-state index is -0.248. The zero-order valence-electron chi connectivity index (χ0n) is 11.7. The summed E-state index contributed by atoms with van der Waals surface area (Å²) in [7, 11) is 0. The van der Waals surface area contributed by atoms with Gasteiger partial charge in [-0.2, -0.15) is 9.98 Å². The van der Waals surface area contributed by atoms with E-state index in [2.05, 4.69) is 9.98 Å². The van der Waals surface area contributed by atoms with Gasteiger partial charge in [-0.25, -0.2) is 9.59 Å². The summed E-state index contributed by atoms with van der Waals surface area (Å²) in [6.45, 7) is 9.46. The summed E-state index contributed by atoms with van der Waals surface area (Å²) in [5, 5.41) is 10.1. The molecule has 0 aliphatic heterocycles. The van der Waals surface area contributed by atoms with E-state index in [-0.39, 0.29) is 22.5 Å². The summed E-state index contributed by atoms with van der Waals surface area (Å²) in [5.74, 6) is -0.159. The highest BCUT2D eigenvalue weighted by Crippen LogP contribution is 2.47. The SMILES string of the molecule is Cc1c(O)c(N=C=O)c(N=C=O)c(C)c1C(C)(C)C. The van der Waals surface area contributed by atoms with Gasteiger partial charge in [-0.1, -0.05) is 20.8 Å². The van der Waals surface area contributed by atoms with Crippen molar-refractivity contribution >= 4 is 23.5 Å². The quantitative estimate of drug-likeness (QED) is 0.654. The molecule has 0 atom stereocenters.